The van der Waals surface area contributed by atoms with Crippen LogP contribution in [0, 0.1) is 11.6 Å². The predicted molar refractivity (Wildman–Crippen MR) is 76.2 cm³/mol. The van der Waals surface area contributed by atoms with Gasteiger partial charge in [0.1, 0.15) is 24.0 Å². The molecule has 0 aliphatic carbocycles. The fourth-order valence-electron chi connectivity index (χ4n) is 1.73. The number of esters is 1. The average Bonchev–Trinajstić information content (AvgIpc) is 2.47. The third-order valence-corrected chi connectivity index (χ3v) is 3.44. The number of carbonyl (C=O) groups is 1. The second-order valence-electron chi connectivity index (χ2n) is 4.16. The van der Waals surface area contributed by atoms with E-state index in [4.69, 9.17) is 9.47 Å². The maximum absolute atomic E-state index is 13.2. The highest BCUT2D eigenvalue weighted by atomic mass is 79.9. The molecule has 0 saturated carbocycles. The first kappa shape index (κ1) is 15.4. The number of halogens is 3. The van der Waals surface area contributed by atoms with Crippen LogP contribution in [-0.4, -0.2) is 13.1 Å². The van der Waals surface area contributed by atoms with E-state index < -0.39 is 17.6 Å². The van der Waals surface area contributed by atoms with Crippen LogP contribution in [0.25, 0.3) is 0 Å². The van der Waals surface area contributed by atoms with Crippen LogP contribution < -0.4 is 4.74 Å². The number of carbonyl (C=O) groups excluding carboxylic acids is 1. The number of ether oxygens (including phenoxy) is 2. The molecule has 2 aromatic carbocycles. The lowest BCUT2D eigenvalue weighted by atomic mass is 10.2. The highest BCUT2D eigenvalue weighted by Gasteiger charge is 2.14. The summed E-state index contributed by atoms with van der Waals surface area (Å²) >= 11 is 3.14. The SMILES string of the molecule is COc1ccc(F)cc1COC(=O)c1cc(F)ccc1Br. The van der Waals surface area contributed by atoms with E-state index in [0.29, 0.717) is 15.8 Å². The fourth-order valence-corrected chi connectivity index (χ4v) is 2.14. The summed E-state index contributed by atoms with van der Waals surface area (Å²) in [6.45, 7) is -0.178. The molecule has 0 aliphatic rings. The Morgan fingerprint density at radius 3 is 2.52 bits per heavy atom. The van der Waals surface area contributed by atoms with Gasteiger partial charge in [-0.1, -0.05) is 0 Å². The molecule has 0 saturated heterocycles. The lowest BCUT2D eigenvalue weighted by molar-refractivity contribution is 0.0468. The molecule has 0 unspecified atom stereocenters. The minimum atomic E-state index is -0.715. The predicted octanol–water partition coefficient (Wildman–Crippen LogP) is 4.09. The third kappa shape index (κ3) is 3.78. The Bertz CT molecular complexity index is 674. The Labute approximate surface area is 128 Å². The van der Waals surface area contributed by atoms with Gasteiger partial charge in [-0.2, -0.15) is 0 Å². The number of methoxy groups -OCH3 is 1. The van der Waals surface area contributed by atoms with Crippen molar-refractivity contribution in [1.29, 1.82) is 0 Å². The molecule has 0 N–H and O–H groups in total. The Hall–Kier alpha value is -1.95. The Morgan fingerprint density at radius 2 is 1.81 bits per heavy atom. The van der Waals surface area contributed by atoms with Crippen LogP contribution >= 0.6 is 15.9 Å². The lowest BCUT2D eigenvalue weighted by Crippen LogP contribution is -2.07. The van der Waals surface area contributed by atoms with Gasteiger partial charge in [0.15, 0.2) is 0 Å². The third-order valence-electron chi connectivity index (χ3n) is 2.75. The standard InChI is InChI=1S/C15H11BrF2O3/c1-20-14-5-3-10(17)6-9(14)8-21-15(19)12-7-11(18)2-4-13(12)16/h2-7H,8H2,1H3. The lowest BCUT2D eigenvalue weighted by Gasteiger charge is -2.10. The number of hydrogen-bond donors (Lipinski definition) is 0. The van der Waals surface area contributed by atoms with Gasteiger partial charge in [-0.25, -0.2) is 13.6 Å². The first-order chi connectivity index (χ1) is 10.0. The van der Waals surface area contributed by atoms with Gasteiger partial charge in [0.25, 0.3) is 0 Å². The van der Waals surface area contributed by atoms with E-state index >= 15 is 0 Å². The summed E-state index contributed by atoms with van der Waals surface area (Å²) in [5.41, 5.74) is 0.448. The van der Waals surface area contributed by atoms with Crippen LogP contribution in [0.5, 0.6) is 5.75 Å². The van der Waals surface area contributed by atoms with Gasteiger partial charge >= 0.3 is 5.97 Å². The topological polar surface area (TPSA) is 35.5 Å². The van der Waals surface area contributed by atoms with Gasteiger partial charge in [0.05, 0.1) is 12.7 Å². The molecule has 0 bridgehead atoms. The second kappa shape index (κ2) is 6.67. The summed E-state index contributed by atoms with van der Waals surface area (Å²) in [6.07, 6.45) is 0. The highest BCUT2D eigenvalue weighted by molar-refractivity contribution is 9.10. The Morgan fingerprint density at radius 1 is 1.14 bits per heavy atom. The Kier molecular flexibility index (Phi) is 4.90. The summed E-state index contributed by atoms with van der Waals surface area (Å²) in [4.78, 5) is 11.9. The molecule has 0 aliphatic heterocycles. The smallest absolute Gasteiger partial charge is 0.339 e. The monoisotopic (exact) mass is 356 g/mol. The van der Waals surface area contributed by atoms with Crippen molar-refractivity contribution < 1.29 is 23.0 Å². The maximum atomic E-state index is 13.2. The van der Waals surface area contributed by atoms with E-state index in [1.807, 2.05) is 0 Å². The van der Waals surface area contributed by atoms with Crippen LogP contribution in [0.1, 0.15) is 15.9 Å². The molecule has 0 spiro atoms. The summed E-state index contributed by atoms with van der Waals surface area (Å²) < 4.78 is 36.9. The molecule has 110 valence electrons. The van der Waals surface area contributed by atoms with Gasteiger partial charge in [0.2, 0.25) is 0 Å². The van der Waals surface area contributed by atoms with Gasteiger partial charge in [0, 0.05) is 10.0 Å². The zero-order valence-corrected chi connectivity index (χ0v) is 12.6. The number of rotatable bonds is 4. The van der Waals surface area contributed by atoms with Crippen molar-refractivity contribution in [2.45, 2.75) is 6.61 Å². The summed E-state index contributed by atoms with van der Waals surface area (Å²) in [5, 5.41) is 0. The molecule has 2 rings (SSSR count). The average molecular weight is 357 g/mol. The molecular formula is C15H11BrF2O3. The van der Waals surface area contributed by atoms with Gasteiger partial charge in [-0.15, -0.1) is 0 Å². The molecule has 3 nitrogen and oxygen atoms in total. The zero-order valence-electron chi connectivity index (χ0n) is 11.0. The largest absolute Gasteiger partial charge is 0.496 e. The van der Waals surface area contributed by atoms with Crippen molar-refractivity contribution in [2.75, 3.05) is 7.11 Å². The van der Waals surface area contributed by atoms with E-state index in [-0.39, 0.29) is 12.2 Å². The molecule has 21 heavy (non-hydrogen) atoms. The van der Waals surface area contributed by atoms with Crippen LogP contribution in [0.3, 0.4) is 0 Å². The molecular weight excluding hydrogens is 346 g/mol. The molecule has 6 heteroatoms. The minimum absolute atomic E-state index is 0.0605. The van der Waals surface area contributed by atoms with E-state index in [1.54, 1.807) is 0 Å². The van der Waals surface area contributed by atoms with E-state index in [1.165, 1.54) is 37.4 Å². The molecule has 0 aromatic heterocycles. The molecule has 0 heterocycles. The first-order valence-corrected chi connectivity index (χ1v) is 6.75. The summed E-state index contributed by atoms with van der Waals surface area (Å²) in [5.74, 6) is -1.32. The molecule has 0 atom stereocenters. The van der Waals surface area contributed by atoms with Crippen LogP contribution in [-0.2, 0) is 11.3 Å². The molecule has 2 aromatic rings. The fraction of sp³-hybridized carbons (Fsp3) is 0.133. The summed E-state index contributed by atoms with van der Waals surface area (Å²) in [7, 11) is 1.43. The Balaban J connectivity index is 2.14. The van der Waals surface area contributed by atoms with Gasteiger partial charge in [-0.3, -0.25) is 0 Å². The molecule has 0 amide bonds. The maximum Gasteiger partial charge on any atom is 0.339 e. The van der Waals surface area contributed by atoms with E-state index in [0.717, 1.165) is 6.07 Å². The zero-order chi connectivity index (χ0) is 15.4. The van der Waals surface area contributed by atoms with Crippen molar-refractivity contribution in [3.63, 3.8) is 0 Å². The highest BCUT2D eigenvalue weighted by Crippen LogP contribution is 2.22. The summed E-state index contributed by atoms with van der Waals surface area (Å²) in [6, 6.07) is 7.59. The number of hydrogen-bond acceptors (Lipinski definition) is 3. The van der Waals surface area contributed by atoms with Crippen LogP contribution in [0.2, 0.25) is 0 Å². The van der Waals surface area contributed by atoms with Crippen molar-refractivity contribution in [3.8, 4) is 5.75 Å². The quantitative estimate of drug-likeness (QED) is 0.774. The minimum Gasteiger partial charge on any atom is -0.496 e. The first-order valence-electron chi connectivity index (χ1n) is 5.96. The normalized spacial score (nSPS) is 10.3. The van der Waals surface area contributed by atoms with Gasteiger partial charge < -0.3 is 9.47 Å². The van der Waals surface area contributed by atoms with Gasteiger partial charge in [-0.05, 0) is 52.3 Å². The van der Waals surface area contributed by atoms with Crippen molar-refractivity contribution in [2.24, 2.45) is 0 Å². The van der Waals surface area contributed by atoms with Crippen molar-refractivity contribution in [3.05, 3.63) is 63.6 Å². The molecule has 0 fully saturated rings. The van der Waals surface area contributed by atoms with Crippen molar-refractivity contribution in [1.82, 2.24) is 0 Å². The second-order valence-corrected chi connectivity index (χ2v) is 5.01. The van der Waals surface area contributed by atoms with E-state index in [9.17, 15) is 13.6 Å². The number of benzene rings is 2. The van der Waals surface area contributed by atoms with Crippen LogP contribution in [0.15, 0.2) is 40.9 Å². The van der Waals surface area contributed by atoms with Crippen LogP contribution in [0.4, 0.5) is 8.78 Å². The van der Waals surface area contributed by atoms with E-state index in [2.05, 4.69) is 15.9 Å². The molecule has 0 radical (unpaired) electrons. The van der Waals surface area contributed by atoms with Crippen molar-refractivity contribution >= 4 is 21.9 Å².